The number of hydrogen-bond acceptors (Lipinski definition) is 8. The first-order valence-corrected chi connectivity index (χ1v) is 59.1. The van der Waals surface area contributed by atoms with Crippen molar-refractivity contribution in [2.45, 2.75) is 103 Å². The van der Waals surface area contributed by atoms with E-state index in [-0.39, 0.29) is 60.3 Å². The van der Waals surface area contributed by atoms with E-state index in [9.17, 15) is 8.42 Å². The molecule has 3 aliphatic heterocycles. The van der Waals surface area contributed by atoms with E-state index in [0.29, 0.717) is 9.79 Å². The predicted molar refractivity (Wildman–Crippen MR) is 530 cm³/mol. The molecule has 11 aromatic carbocycles. The molecule has 0 atom stereocenters. The molecule has 127 heavy (non-hydrogen) atoms. The summed E-state index contributed by atoms with van der Waals surface area (Å²) in [4.78, 5) is 27.7. The molecule has 0 spiro atoms. The van der Waals surface area contributed by atoms with Crippen molar-refractivity contribution in [1.82, 2.24) is 29.9 Å². The van der Waals surface area contributed by atoms with Crippen LogP contribution in [0.2, 0.25) is 72.0 Å². The minimum Gasteiger partial charge on any atom is -0.305 e. The van der Waals surface area contributed by atoms with E-state index in [1.54, 1.807) is 18.2 Å². The van der Waals surface area contributed by atoms with Crippen molar-refractivity contribution in [2.75, 3.05) is 0 Å². The molecule has 9 heterocycles. The molecule has 17 heteroatoms. The van der Waals surface area contributed by atoms with Crippen LogP contribution in [-0.2, 0) is 70.2 Å². The Morgan fingerprint density at radius 3 is 0.992 bits per heavy atom. The van der Waals surface area contributed by atoms with Gasteiger partial charge in [0.25, 0.3) is 0 Å². The van der Waals surface area contributed by atoms with E-state index in [2.05, 4.69) is 344 Å². The molecular weight excluding hydrogens is 2190 g/mol. The molecule has 8 nitrogen and oxygen atoms in total. The van der Waals surface area contributed by atoms with E-state index >= 15 is 0 Å². The van der Waals surface area contributed by atoms with Crippen LogP contribution in [0.5, 0.6) is 0 Å². The van der Waals surface area contributed by atoms with E-state index < -0.39 is 50.2 Å². The Labute approximate surface area is 797 Å². The van der Waals surface area contributed by atoms with Gasteiger partial charge in [-0.2, -0.15) is 0 Å². The fourth-order valence-corrected chi connectivity index (χ4v) is 29.0. The van der Waals surface area contributed by atoms with Crippen LogP contribution in [0.25, 0.3) is 101 Å². The fraction of sp³-hybridized carbons (Fsp3) is 0.127. The van der Waals surface area contributed by atoms with Gasteiger partial charge < -0.3 is 29.9 Å². The molecule has 0 amide bonds. The van der Waals surface area contributed by atoms with E-state index in [0.717, 1.165) is 78.7 Å². The van der Waals surface area contributed by atoms with Gasteiger partial charge >= 0.3 is 0 Å². The number of benzene rings is 11. The quantitative estimate of drug-likeness (QED) is 0.0930. The van der Waals surface area contributed by atoms with E-state index in [1.165, 1.54) is 85.6 Å². The van der Waals surface area contributed by atoms with Gasteiger partial charge in [0.1, 0.15) is 8.07 Å². The third-order valence-corrected chi connectivity index (χ3v) is 39.3. The molecule has 17 aromatic rings. The summed E-state index contributed by atoms with van der Waals surface area (Å²) >= 11 is 0. The molecule has 0 aliphatic carbocycles. The maximum Gasteiger partial charge on any atom is 0.173 e. The molecule has 0 N–H and O–H groups in total. The first-order chi connectivity index (χ1) is 59.6. The summed E-state index contributed by atoms with van der Waals surface area (Å²) in [5, 5.41) is 12.8. The fourth-order valence-electron chi connectivity index (χ4n) is 16.1. The van der Waals surface area contributed by atoms with Crippen LogP contribution in [-0.4, -0.2) is 78.7 Å². The first-order valence-electron chi connectivity index (χ1n) is 42.1. The van der Waals surface area contributed by atoms with Crippen molar-refractivity contribution >= 4 is 96.9 Å². The molecule has 0 saturated carbocycles. The minimum atomic E-state index is -3.44. The number of aromatic nitrogens is 6. The summed E-state index contributed by atoms with van der Waals surface area (Å²) in [5.41, 5.74) is 22.5. The van der Waals surface area contributed by atoms with Crippen molar-refractivity contribution in [3.8, 4) is 101 Å². The van der Waals surface area contributed by atoms with Gasteiger partial charge in [-0.3, -0.25) is 0 Å². The molecule has 0 bridgehead atoms. The second-order valence-corrected chi connectivity index (χ2v) is 60.4. The van der Waals surface area contributed by atoms with Gasteiger partial charge in [0.15, 0.2) is 9.84 Å². The average molecular weight is 2290 g/mol. The number of rotatable bonds is 11. The number of sulfone groups is 1. The number of hydrogen-bond donors (Lipinski definition) is 0. The summed E-state index contributed by atoms with van der Waals surface area (Å²) in [6.45, 7) is 32.1. The van der Waals surface area contributed by atoms with Gasteiger partial charge in [-0.05, 0) is 122 Å². The van der Waals surface area contributed by atoms with Crippen LogP contribution < -0.4 is 46.7 Å². The number of nitrogens with zero attached hydrogens (tertiary/aromatic N) is 6. The molecule has 641 valence electrons. The van der Waals surface area contributed by atoms with Crippen molar-refractivity contribution in [2.24, 2.45) is 0 Å². The van der Waals surface area contributed by atoms with E-state index in [1.807, 2.05) is 140 Å². The van der Waals surface area contributed by atoms with Crippen molar-refractivity contribution in [3.05, 3.63) is 406 Å². The summed E-state index contributed by atoms with van der Waals surface area (Å²) in [7, 11) is -11.5. The number of pyridine rings is 6. The zero-order chi connectivity index (χ0) is 87.0. The molecule has 0 saturated heterocycles. The maximum absolute atomic E-state index is 12.6. The van der Waals surface area contributed by atoms with Gasteiger partial charge in [-0.15, -0.1) is 189 Å². The molecule has 6 aromatic heterocycles. The van der Waals surface area contributed by atoms with Gasteiger partial charge in [-0.25, -0.2) is 8.42 Å². The standard InChI is InChI=1S/C32H28NSi2.C22H24NSi2.C20H18NO2SSi.3C12H10N.3Ir/c1-34(2,3)27-19-20-30(33-23-27)24-18-21-32-29(22-24)28-16-10-11-17-31(28)35(32,25-12-6-4-7-13-25)26-14-8-5-9-15-26;1-24(2,3)17-11-12-20(23-15-17)16-10-13-22-19(14-16)18-8-6-7-9-21(18)25(22,4)5;1-25(2,3)15-9-10-18(21-13-15)14-8-11-20-17(12-14)16-6-4-5-7-19(16)24(20,22)23;3*1-10-7-8-13-12(9-10)11-5-3-2-4-6-11;;;/h4-17,19-23H,1-3H3;6-9,11-15H,1-5H3;4-7,9-13H,1-3H3;3*2-5,7-9H,1H3;;;/q6*-1;;;. The van der Waals surface area contributed by atoms with Crippen LogP contribution in [0.15, 0.2) is 362 Å². The second kappa shape index (κ2) is 41.2. The smallest absolute Gasteiger partial charge is 0.173 e. The van der Waals surface area contributed by atoms with Crippen molar-refractivity contribution in [3.63, 3.8) is 0 Å². The molecule has 20 rings (SSSR count). The Morgan fingerprint density at radius 1 is 0.276 bits per heavy atom. The van der Waals surface area contributed by atoms with Crippen LogP contribution in [0.1, 0.15) is 16.7 Å². The third kappa shape index (κ3) is 21.4. The van der Waals surface area contributed by atoms with Gasteiger partial charge in [-0.1, -0.05) is 303 Å². The van der Waals surface area contributed by atoms with Crippen LogP contribution >= 0.6 is 0 Å². The minimum absolute atomic E-state index is 0. The van der Waals surface area contributed by atoms with Crippen LogP contribution in [0, 0.1) is 57.2 Å². The first kappa shape index (κ1) is 95.4. The Bertz CT molecular complexity index is 6510. The van der Waals surface area contributed by atoms with Crippen molar-refractivity contribution in [1.29, 1.82) is 0 Å². The van der Waals surface area contributed by atoms with Gasteiger partial charge in [0, 0.05) is 97.5 Å². The monoisotopic (exact) mass is 2290 g/mol. The molecule has 3 radical (unpaired) electrons. The average Bonchev–Trinajstić information content (AvgIpc) is 1.54. The number of aryl methyl sites for hydroxylation is 3. The largest absolute Gasteiger partial charge is 0.305 e. The summed E-state index contributed by atoms with van der Waals surface area (Å²) < 4.78 is 25.3. The zero-order valence-corrected chi connectivity index (χ0v) is 86.9. The van der Waals surface area contributed by atoms with Crippen LogP contribution in [0.3, 0.4) is 0 Å². The number of fused-ring (bicyclic) bond motifs is 9. The summed E-state index contributed by atoms with van der Waals surface area (Å²) in [6.07, 6.45) is 11.6. The van der Waals surface area contributed by atoms with Crippen molar-refractivity contribution < 1.29 is 68.7 Å². The Kier molecular flexibility index (Phi) is 30.9. The van der Waals surface area contributed by atoms with E-state index in [4.69, 9.17) is 9.97 Å². The Morgan fingerprint density at radius 2 is 0.614 bits per heavy atom. The normalized spacial score (nSPS) is 12.7. The Balaban J connectivity index is 0.000000144. The van der Waals surface area contributed by atoms with Crippen LogP contribution in [0.4, 0.5) is 0 Å². The summed E-state index contributed by atoms with van der Waals surface area (Å²) in [5.74, 6) is 0. The molecule has 0 unspecified atom stereocenters. The topological polar surface area (TPSA) is 111 Å². The zero-order valence-electron chi connectivity index (χ0n) is 73.9. The second-order valence-electron chi connectivity index (χ2n) is 35.2. The predicted octanol–water partition coefficient (Wildman–Crippen LogP) is 20.8. The summed E-state index contributed by atoms with van der Waals surface area (Å²) in [6, 6.07) is 128. The maximum atomic E-state index is 12.6. The van der Waals surface area contributed by atoms with Gasteiger partial charge in [0.05, 0.1) is 37.2 Å². The SMILES string of the molecule is C[Si](C)(C)c1ccc(-c2[c-]cc3c(c2)-c2ccccc2S3(=O)=O)nc1.C[Si](C)(C)c1ccc(-c2[c-]cc3c(c2)-c2ccccc2[Si]3(C)C)nc1.C[Si](C)(C)c1ccc(-c2[c-]cc3c(c2)-c2ccccc2[Si]3(c2ccccc2)c2ccccc2)nc1.Cc1ccnc(-c2[c-]cccc2)c1.Cc1ccnc(-c2[c-]cccc2)c1.Cc1ccnc(-c2[c-]cccc2)c1.[Ir].[Ir].[Ir]. The Hall–Kier alpha value is -10.7. The molecular formula is C110H100Ir3N6O2SSi5-6. The third-order valence-electron chi connectivity index (χ3n) is 23.0. The molecule has 0 fully saturated rings. The van der Waals surface area contributed by atoms with Gasteiger partial charge in [0.2, 0.25) is 0 Å². The molecule has 3 aliphatic rings.